The molecule has 0 bridgehead atoms. The van der Waals surface area contributed by atoms with Gasteiger partial charge < -0.3 is 19.9 Å². The van der Waals surface area contributed by atoms with E-state index in [9.17, 15) is 9.90 Å². The monoisotopic (exact) mass is 467 g/mol. The summed E-state index contributed by atoms with van der Waals surface area (Å²) in [5.74, 6) is 1.57. The van der Waals surface area contributed by atoms with E-state index in [0.29, 0.717) is 26.1 Å². The molecule has 0 unspecified atom stereocenters. The number of carbonyl (C=O) groups is 1. The average molecular weight is 468 g/mol. The van der Waals surface area contributed by atoms with Crippen molar-refractivity contribution in [3.8, 4) is 11.5 Å². The van der Waals surface area contributed by atoms with Gasteiger partial charge in [0.05, 0.1) is 19.3 Å². The van der Waals surface area contributed by atoms with Gasteiger partial charge in [-0.15, -0.1) is 0 Å². The summed E-state index contributed by atoms with van der Waals surface area (Å²) in [6, 6.07) is 14.9. The summed E-state index contributed by atoms with van der Waals surface area (Å²) < 4.78 is 11.8. The highest BCUT2D eigenvalue weighted by Crippen LogP contribution is 2.38. The smallest absolute Gasteiger partial charge is 0.220 e. The highest BCUT2D eigenvalue weighted by atomic mass is 16.5. The first-order valence-corrected chi connectivity index (χ1v) is 13.1. The number of carbonyl (C=O) groups excluding carboxylic acids is 1. The normalized spacial score (nSPS) is 15.9. The zero-order chi connectivity index (χ0) is 24.2. The first-order valence-electron chi connectivity index (χ1n) is 13.1. The van der Waals surface area contributed by atoms with E-state index in [4.69, 9.17) is 9.47 Å². The maximum atomic E-state index is 12.0. The number of rotatable bonds is 15. The van der Waals surface area contributed by atoms with Gasteiger partial charge in [0, 0.05) is 6.42 Å². The first-order chi connectivity index (χ1) is 16.6. The second-order valence-electron chi connectivity index (χ2n) is 9.29. The van der Waals surface area contributed by atoms with Gasteiger partial charge in [-0.25, -0.2) is 0 Å². The number of hydrogen-bond donors (Lipinski definition) is 2. The molecule has 5 heteroatoms. The number of aliphatic hydroxyl groups is 1. The van der Waals surface area contributed by atoms with Gasteiger partial charge in [-0.1, -0.05) is 76.6 Å². The molecule has 5 nitrogen and oxygen atoms in total. The third-order valence-corrected chi connectivity index (χ3v) is 6.62. The molecule has 2 aromatic rings. The Bertz CT molecular complexity index is 805. The third kappa shape index (κ3) is 6.99. The highest BCUT2D eigenvalue weighted by Gasteiger charge is 2.43. The molecule has 1 saturated heterocycles. The quantitative estimate of drug-likeness (QED) is 0.310. The van der Waals surface area contributed by atoms with Crippen molar-refractivity contribution in [3.05, 3.63) is 59.7 Å². The Labute approximate surface area is 204 Å². The summed E-state index contributed by atoms with van der Waals surface area (Å²) >= 11 is 0. The lowest BCUT2D eigenvalue weighted by atomic mass is 9.79. The Hall–Kier alpha value is -2.53. The van der Waals surface area contributed by atoms with Crippen molar-refractivity contribution in [2.75, 3.05) is 13.2 Å². The third-order valence-electron chi connectivity index (χ3n) is 6.62. The van der Waals surface area contributed by atoms with Crippen LogP contribution in [0.3, 0.4) is 0 Å². The zero-order valence-electron chi connectivity index (χ0n) is 20.9. The van der Waals surface area contributed by atoms with Crippen LogP contribution < -0.4 is 14.8 Å². The zero-order valence-corrected chi connectivity index (χ0v) is 20.9. The number of ether oxygens (including phenoxy) is 2. The van der Waals surface area contributed by atoms with Crippen molar-refractivity contribution in [3.63, 3.8) is 0 Å². The van der Waals surface area contributed by atoms with Crippen molar-refractivity contribution in [1.82, 2.24) is 5.32 Å². The largest absolute Gasteiger partial charge is 0.494 e. The number of amides is 1. The lowest BCUT2D eigenvalue weighted by Crippen LogP contribution is -2.47. The van der Waals surface area contributed by atoms with Crippen LogP contribution in [-0.2, 0) is 10.4 Å². The van der Waals surface area contributed by atoms with Gasteiger partial charge in [0.2, 0.25) is 5.91 Å². The van der Waals surface area contributed by atoms with Crippen LogP contribution in [0.15, 0.2) is 48.5 Å². The molecule has 2 aromatic carbocycles. The van der Waals surface area contributed by atoms with Crippen molar-refractivity contribution >= 4 is 5.91 Å². The SMILES string of the molecule is CCCCCCOc1ccc(C(O)(c2ccc(OCCCCCC)cc2)[C@H]2CCC(=O)N2)cc1. The summed E-state index contributed by atoms with van der Waals surface area (Å²) in [6.45, 7) is 5.79. The molecule has 0 aliphatic carbocycles. The molecule has 0 spiro atoms. The first kappa shape index (κ1) is 26.1. The molecule has 2 N–H and O–H groups in total. The second kappa shape index (κ2) is 13.4. The van der Waals surface area contributed by atoms with Crippen LogP contribution in [0.25, 0.3) is 0 Å². The maximum Gasteiger partial charge on any atom is 0.220 e. The van der Waals surface area contributed by atoms with E-state index < -0.39 is 5.60 Å². The van der Waals surface area contributed by atoms with Gasteiger partial charge in [0.15, 0.2) is 0 Å². The predicted molar refractivity (Wildman–Crippen MR) is 136 cm³/mol. The number of unbranched alkanes of at least 4 members (excludes halogenated alkanes) is 6. The molecule has 0 radical (unpaired) electrons. The van der Waals surface area contributed by atoms with E-state index in [1.807, 2.05) is 48.5 Å². The number of nitrogens with one attached hydrogen (secondary N) is 1. The Morgan fingerprint density at radius 2 is 1.26 bits per heavy atom. The molecule has 1 aliphatic heterocycles. The van der Waals surface area contributed by atoms with E-state index in [1.54, 1.807) is 0 Å². The van der Waals surface area contributed by atoms with Gasteiger partial charge in [0.1, 0.15) is 17.1 Å². The highest BCUT2D eigenvalue weighted by molar-refractivity contribution is 5.79. The fraction of sp³-hybridized carbons (Fsp3) is 0.552. The minimum Gasteiger partial charge on any atom is -0.494 e. The van der Waals surface area contributed by atoms with Gasteiger partial charge in [-0.2, -0.15) is 0 Å². The maximum absolute atomic E-state index is 12.0. The number of hydrogen-bond acceptors (Lipinski definition) is 4. The fourth-order valence-electron chi connectivity index (χ4n) is 4.54. The lowest BCUT2D eigenvalue weighted by Gasteiger charge is -2.35. The molecule has 0 saturated carbocycles. The Morgan fingerprint density at radius 1 is 0.794 bits per heavy atom. The van der Waals surface area contributed by atoms with E-state index in [2.05, 4.69) is 19.2 Å². The second-order valence-corrected chi connectivity index (χ2v) is 9.29. The van der Waals surface area contributed by atoms with Gasteiger partial charge in [-0.05, 0) is 54.7 Å². The minimum atomic E-state index is -1.33. The van der Waals surface area contributed by atoms with Gasteiger partial charge in [-0.3, -0.25) is 4.79 Å². The van der Waals surface area contributed by atoms with E-state index >= 15 is 0 Å². The Morgan fingerprint density at radius 3 is 1.65 bits per heavy atom. The van der Waals surface area contributed by atoms with Crippen molar-refractivity contribution in [2.45, 2.75) is 89.7 Å². The molecule has 186 valence electrons. The van der Waals surface area contributed by atoms with Crippen LogP contribution in [0.5, 0.6) is 11.5 Å². The predicted octanol–water partition coefficient (Wildman–Crippen LogP) is 6.12. The molecule has 1 atom stereocenters. The van der Waals surface area contributed by atoms with Crippen LogP contribution in [-0.4, -0.2) is 30.3 Å². The Kier molecular flexibility index (Phi) is 10.3. The minimum absolute atomic E-state index is 0.0255. The molecule has 1 amide bonds. The summed E-state index contributed by atoms with van der Waals surface area (Å²) in [5.41, 5.74) is 0.156. The van der Waals surface area contributed by atoms with Crippen LogP contribution in [0, 0.1) is 0 Å². The molecular formula is C29H41NO4. The molecule has 1 fully saturated rings. The average Bonchev–Trinajstić information content (AvgIpc) is 3.31. The topological polar surface area (TPSA) is 67.8 Å². The molecule has 1 heterocycles. The van der Waals surface area contributed by atoms with Crippen LogP contribution >= 0.6 is 0 Å². The molecular weight excluding hydrogens is 426 g/mol. The van der Waals surface area contributed by atoms with Crippen LogP contribution in [0.2, 0.25) is 0 Å². The standard InChI is InChI=1S/C29H41NO4/c1-3-5-7-9-21-33-25-15-11-23(12-16-25)29(32,27-19-20-28(31)30-27)24-13-17-26(18-14-24)34-22-10-8-6-4-2/h11-18,27,32H,3-10,19-22H2,1-2H3,(H,30,31)/t27-/m1/s1. The van der Waals surface area contributed by atoms with Crippen molar-refractivity contribution in [2.24, 2.45) is 0 Å². The van der Waals surface area contributed by atoms with Crippen LogP contribution in [0.4, 0.5) is 0 Å². The fourth-order valence-corrected chi connectivity index (χ4v) is 4.54. The summed E-state index contributed by atoms with van der Waals surface area (Å²) in [4.78, 5) is 12.0. The summed E-state index contributed by atoms with van der Waals surface area (Å²) in [6.07, 6.45) is 10.3. The summed E-state index contributed by atoms with van der Waals surface area (Å²) in [5, 5.41) is 15.0. The number of benzene rings is 2. The van der Waals surface area contributed by atoms with E-state index in [1.165, 1.54) is 38.5 Å². The molecule has 0 aromatic heterocycles. The van der Waals surface area contributed by atoms with Crippen LogP contribution in [0.1, 0.15) is 89.2 Å². The summed E-state index contributed by atoms with van der Waals surface area (Å²) in [7, 11) is 0. The van der Waals surface area contributed by atoms with Gasteiger partial charge in [0.25, 0.3) is 0 Å². The molecule has 34 heavy (non-hydrogen) atoms. The molecule has 3 rings (SSSR count). The van der Waals surface area contributed by atoms with Crippen molar-refractivity contribution in [1.29, 1.82) is 0 Å². The van der Waals surface area contributed by atoms with E-state index in [-0.39, 0.29) is 11.9 Å². The molecule has 1 aliphatic rings. The lowest BCUT2D eigenvalue weighted by molar-refractivity contribution is -0.120. The van der Waals surface area contributed by atoms with Gasteiger partial charge >= 0.3 is 0 Å². The Balaban J connectivity index is 1.72. The van der Waals surface area contributed by atoms with Crippen molar-refractivity contribution < 1.29 is 19.4 Å². The van der Waals surface area contributed by atoms with E-state index in [0.717, 1.165) is 35.5 Å².